The van der Waals surface area contributed by atoms with Crippen molar-refractivity contribution in [2.45, 2.75) is 50.4 Å². The van der Waals surface area contributed by atoms with Crippen LogP contribution in [0.4, 0.5) is 0 Å². The molecule has 1 amide bonds. The minimum absolute atomic E-state index is 0.169. The number of likely N-dealkylation sites (tertiary alicyclic amines) is 1. The highest BCUT2D eigenvalue weighted by Crippen LogP contribution is 2.37. The Bertz CT molecular complexity index is 472. The number of halogens is 1. The summed E-state index contributed by atoms with van der Waals surface area (Å²) in [6.07, 6.45) is 1.05. The van der Waals surface area contributed by atoms with Gasteiger partial charge in [-0.15, -0.1) is 0 Å². The molecule has 132 valence electrons. The maximum absolute atomic E-state index is 12.8. The van der Waals surface area contributed by atoms with Gasteiger partial charge in [0.05, 0.1) is 12.6 Å². The number of ether oxygens (including phenoxy) is 1. The zero-order valence-corrected chi connectivity index (χ0v) is 16.2. The molecule has 0 spiro atoms. The van der Waals surface area contributed by atoms with Crippen molar-refractivity contribution in [3.05, 3.63) is 0 Å². The SMILES string of the molecule is CC(C)C(=O)N1CCC(S)[C@@]1(C(=O)OCCCBr)C(=O)[C@H](C)N. The summed E-state index contributed by atoms with van der Waals surface area (Å²) >= 11 is 7.69. The molecule has 0 radical (unpaired) electrons. The molecule has 1 heterocycles. The second kappa shape index (κ2) is 8.48. The van der Waals surface area contributed by atoms with Crippen LogP contribution in [0.3, 0.4) is 0 Å². The molecule has 1 fully saturated rings. The number of carbonyl (C=O) groups is 3. The summed E-state index contributed by atoms with van der Waals surface area (Å²) in [4.78, 5) is 39.5. The van der Waals surface area contributed by atoms with Gasteiger partial charge in [0.1, 0.15) is 0 Å². The monoisotopic (exact) mass is 408 g/mol. The second-order valence-corrected chi connectivity index (χ2v) is 7.46. The zero-order chi connectivity index (χ0) is 17.8. The Balaban J connectivity index is 3.27. The van der Waals surface area contributed by atoms with Crippen LogP contribution in [0.5, 0.6) is 0 Å². The summed E-state index contributed by atoms with van der Waals surface area (Å²) in [6, 6.07) is -0.895. The lowest BCUT2D eigenvalue weighted by Gasteiger charge is -2.39. The molecule has 2 N–H and O–H groups in total. The van der Waals surface area contributed by atoms with Crippen molar-refractivity contribution in [1.82, 2.24) is 4.90 Å². The number of hydrogen-bond donors (Lipinski definition) is 2. The molecule has 0 saturated carbocycles. The van der Waals surface area contributed by atoms with Gasteiger partial charge in [-0.2, -0.15) is 12.6 Å². The third-order valence-electron chi connectivity index (χ3n) is 3.91. The number of alkyl halides is 1. The first-order chi connectivity index (χ1) is 10.7. The quantitative estimate of drug-likeness (QED) is 0.217. The molecule has 1 aliphatic heterocycles. The molecule has 23 heavy (non-hydrogen) atoms. The Hall–Kier alpha value is -0.600. The van der Waals surface area contributed by atoms with E-state index < -0.39 is 28.6 Å². The topological polar surface area (TPSA) is 89.7 Å². The van der Waals surface area contributed by atoms with Gasteiger partial charge in [-0.3, -0.25) is 9.59 Å². The highest BCUT2D eigenvalue weighted by atomic mass is 79.9. The molecular weight excluding hydrogens is 384 g/mol. The Kier molecular flexibility index (Phi) is 7.54. The molecule has 0 bridgehead atoms. The minimum atomic E-state index is -1.73. The number of ketones is 1. The Labute approximate surface area is 151 Å². The average Bonchev–Trinajstić information content (AvgIpc) is 2.83. The molecule has 1 rings (SSSR count). The van der Waals surface area contributed by atoms with Crippen molar-refractivity contribution in [1.29, 1.82) is 0 Å². The van der Waals surface area contributed by atoms with Gasteiger partial charge in [-0.25, -0.2) is 4.79 Å². The van der Waals surface area contributed by atoms with E-state index in [2.05, 4.69) is 28.6 Å². The fraction of sp³-hybridized carbons (Fsp3) is 0.800. The molecular formula is C15H25BrN2O4S. The summed E-state index contributed by atoms with van der Waals surface area (Å²) < 4.78 is 5.28. The van der Waals surface area contributed by atoms with Crippen LogP contribution >= 0.6 is 28.6 Å². The largest absolute Gasteiger partial charge is 0.464 e. The predicted molar refractivity (Wildman–Crippen MR) is 94.7 cm³/mol. The van der Waals surface area contributed by atoms with E-state index in [1.54, 1.807) is 13.8 Å². The number of carbonyl (C=O) groups excluding carboxylic acids is 3. The summed E-state index contributed by atoms with van der Waals surface area (Å²) in [6.45, 7) is 5.42. The third-order valence-corrected chi connectivity index (χ3v) is 5.10. The minimum Gasteiger partial charge on any atom is -0.464 e. The van der Waals surface area contributed by atoms with Gasteiger partial charge in [0.2, 0.25) is 11.4 Å². The van der Waals surface area contributed by atoms with Crippen LogP contribution in [0.25, 0.3) is 0 Å². The van der Waals surface area contributed by atoms with Crippen LogP contribution < -0.4 is 5.73 Å². The highest BCUT2D eigenvalue weighted by molar-refractivity contribution is 9.09. The van der Waals surface area contributed by atoms with Crippen LogP contribution in [0, 0.1) is 5.92 Å². The Morgan fingerprint density at radius 2 is 2.00 bits per heavy atom. The number of thiol groups is 1. The van der Waals surface area contributed by atoms with Crippen molar-refractivity contribution in [3.63, 3.8) is 0 Å². The van der Waals surface area contributed by atoms with Crippen LogP contribution in [0.1, 0.15) is 33.6 Å². The smallest absolute Gasteiger partial charge is 0.341 e. The molecule has 3 atom stereocenters. The van der Waals surface area contributed by atoms with E-state index in [1.807, 2.05) is 0 Å². The number of rotatable bonds is 7. The normalized spacial score (nSPS) is 25.5. The van der Waals surface area contributed by atoms with Gasteiger partial charge in [-0.05, 0) is 19.8 Å². The Morgan fingerprint density at radius 1 is 1.39 bits per heavy atom. The maximum Gasteiger partial charge on any atom is 0.341 e. The summed E-state index contributed by atoms with van der Waals surface area (Å²) in [5.74, 6) is -1.86. The second-order valence-electron chi connectivity index (χ2n) is 6.05. The molecule has 8 heteroatoms. The highest BCUT2D eigenvalue weighted by Gasteiger charge is 2.62. The van der Waals surface area contributed by atoms with Gasteiger partial charge in [0.25, 0.3) is 0 Å². The average molecular weight is 409 g/mol. The van der Waals surface area contributed by atoms with E-state index in [0.29, 0.717) is 18.2 Å². The fourth-order valence-electron chi connectivity index (χ4n) is 2.73. The zero-order valence-electron chi connectivity index (χ0n) is 13.8. The molecule has 1 unspecified atom stereocenters. The van der Waals surface area contributed by atoms with Crippen molar-refractivity contribution < 1.29 is 19.1 Å². The number of nitrogens with zero attached hydrogens (tertiary/aromatic N) is 1. The van der Waals surface area contributed by atoms with E-state index in [-0.39, 0.29) is 25.0 Å². The summed E-state index contributed by atoms with van der Waals surface area (Å²) in [7, 11) is 0. The Morgan fingerprint density at radius 3 is 2.48 bits per heavy atom. The van der Waals surface area contributed by atoms with E-state index in [0.717, 1.165) is 0 Å². The van der Waals surface area contributed by atoms with Gasteiger partial charge in [0, 0.05) is 23.0 Å². The van der Waals surface area contributed by atoms with Crippen molar-refractivity contribution in [2.75, 3.05) is 18.5 Å². The third kappa shape index (κ3) is 3.91. The van der Waals surface area contributed by atoms with Gasteiger partial charge in [0.15, 0.2) is 5.78 Å². The number of hydrogen-bond acceptors (Lipinski definition) is 6. The molecule has 1 aliphatic rings. The van der Waals surface area contributed by atoms with Crippen molar-refractivity contribution in [3.8, 4) is 0 Å². The van der Waals surface area contributed by atoms with Crippen LogP contribution in [-0.2, 0) is 19.1 Å². The van der Waals surface area contributed by atoms with Gasteiger partial charge < -0.3 is 15.4 Å². The number of amides is 1. The van der Waals surface area contributed by atoms with Gasteiger partial charge >= 0.3 is 5.97 Å². The first-order valence-corrected chi connectivity index (χ1v) is 9.37. The lowest BCUT2D eigenvalue weighted by atomic mass is 9.86. The van der Waals surface area contributed by atoms with Crippen LogP contribution in [-0.4, -0.2) is 57.9 Å². The van der Waals surface area contributed by atoms with E-state index >= 15 is 0 Å². The van der Waals surface area contributed by atoms with E-state index in [4.69, 9.17) is 10.5 Å². The number of nitrogens with two attached hydrogens (primary N) is 1. The molecule has 0 aromatic heterocycles. The summed E-state index contributed by atoms with van der Waals surface area (Å²) in [5.41, 5.74) is 4.03. The number of esters is 1. The summed E-state index contributed by atoms with van der Waals surface area (Å²) in [5, 5.41) is 0.0492. The maximum atomic E-state index is 12.8. The van der Waals surface area contributed by atoms with Crippen LogP contribution in [0.2, 0.25) is 0 Å². The molecule has 1 saturated heterocycles. The first-order valence-electron chi connectivity index (χ1n) is 7.73. The van der Waals surface area contributed by atoms with E-state index in [9.17, 15) is 14.4 Å². The molecule has 0 aliphatic carbocycles. The molecule has 0 aromatic carbocycles. The lowest BCUT2D eigenvalue weighted by Crippen LogP contribution is -2.66. The number of Topliss-reactive ketones (excluding diaryl/α,β-unsaturated/α-hetero) is 1. The molecule has 0 aromatic rings. The standard InChI is InChI=1S/C15H25BrN2O4S/c1-9(2)13(20)18-7-5-11(23)15(18,12(19)10(3)17)14(21)22-8-4-6-16/h9-11,23H,4-8,17H2,1-3H3/t10-,11?,15-/m0/s1. The van der Waals surface area contributed by atoms with E-state index in [1.165, 1.54) is 11.8 Å². The predicted octanol–water partition coefficient (Wildman–Crippen LogP) is 1.16. The fourth-order valence-corrected chi connectivity index (χ4v) is 3.45. The van der Waals surface area contributed by atoms with Gasteiger partial charge in [-0.1, -0.05) is 29.8 Å². The first kappa shape index (κ1) is 20.4. The van der Waals surface area contributed by atoms with Crippen molar-refractivity contribution in [2.24, 2.45) is 11.7 Å². The van der Waals surface area contributed by atoms with Crippen molar-refractivity contribution >= 4 is 46.2 Å². The molecule has 6 nitrogen and oxygen atoms in total. The lowest BCUT2D eigenvalue weighted by molar-refractivity contribution is -0.167. The van der Waals surface area contributed by atoms with Crippen LogP contribution in [0.15, 0.2) is 0 Å².